The van der Waals surface area contributed by atoms with Crippen molar-refractivity contribution in [3.63, 3.8) is 0 Å². The van der Waals surface area contributed by atoms with Crippen molar-refractivity contribution in [2.24, 2.45) is 0 Å². The molecule has 0 bridgehead atoms. The number of ether oxygens (including phenoxy) is 1. The van der Waals surface area contributed by atoms with E-state index in [2.05, 4.69) is 19.1 Å². The molecule has 1 N–H and O–H groups in total. The average molecular weight is 415 g/mol. The molecule has 0 aliphatic heterocycles. The van der Waals surface area contributed by atoms with E-state index in [-0.39, 0.29) is 0 Å². The lowest BCUT2D eigenvalue weighted by Crippen LogP contribution is -2.15. The number of hydrogen-bond acceptors (Lipinski definition) is 5. The fourth-order valence-corrected chi connectivity index (χ4v) is 2.33. The first kappa shape index (κ1) is 19.6. The van der Waals surface area contributed by atoms with E-state index in [1.807, 2.05) is 0 Å². The van der Waals surface area contributed by atoms with Crippen LogP contribution in [0.1, 0.15) is 11.3 Å². The third kappa shape index (κ3) is 3.61. The summed E-state index contributed by atoms with van der Waals surface area (Å²) < 4.78 is 111. The van der Waals surface area contributed by atoms with E-state index in [4.69, 9.17) is 0 Å². The Hall–Kier alpha value is -3.19. The maximum absolute atomic E-state index is 13.1. The summed E-state index contributed by atoms with van der Waals surface area (Å²) in [5.41, 5.74) is -5.93. The number of aromatic nitrogens is 3. The minimum absolute atomic E-state index is 0.456. The first-order valence-electron chi connectivity index (χ1n) is 7.00. The summed E-state index contributed by atoms with van der Waals surface area (Å²) in [6.45, 7) is -3.62. The van der Waals surface area contributed by atoms with Gasteiger partial charge in [-0.1, -0.05) is 0 Å². The van der Waals surface area contributed by atoms with Crippen molar-refractivity contribution in [3.05, 3.63) is 40.1 Å². The summed E-state index contributed by atoms with van der Waals surface area (Å²) in [7, 11) is 0. The molecular formula is C14H5F8N3O3. The third-order valence-electron chi connectivity index (χ3n) is 3.37. The maximum atomic E-state index is 13.1. The predicted molar refractivity (Wildman–Crippen MR) is 74.5 cm³/mol. The molecule has 3 rings (SSSR count). The quantitative estimate of drug-likeness (QED) is 0.648. The molecular weight excluding hydrogens is 410 g/mol. The molecule has 0 spiro atoms. The zero-order valence-corrected chi connectivity index (χ0v) is 13.0. The van der Waals surface area contributed by atoms with Crippen molar-refractivity contribution < 1.29 is 44.3 Å². The van der Waals surface area contributed by atoms with Crippen LogP contribution in [-0.4, -0.2) is 21.6 Å². The van der Waals surface area contributed by atoms with Gasteiger partial charge in [0.25, 0.3) is 0 Å². The van der Waals surface area contributed by atoms with E-state index in [9.17, 15) is 39.9 Å². The summed E-state index contributed by atoms with van der Waals surface area (Å²) in [6.07, 6.45) is -9.61. The largest absolute Gasteiger partial charge is 0.438 e. The molecule has 1 aromatic carbocycles. The molecule has 0 aliphatic carbocycles. The molecule has 3 aromatic rings. The first-order chi connectivity index (χ1) is 12.9. The van der Waals surface area contributed by atoms with Crippen molar-refractivity contribution in [2.45, 2.75) is 19.0 Å². The molecule has 2 aromatic heterocycles. The van der Waals surface area contributed by atoms with Gasteiger partial charge in [-0.15, -0.1) is 0 Å². The number of benzene rings is 1. The van der Waals surface area contributed by atoms with Crippen molar-refractivity contribution in [3.8, 4) is 17.1 Å². The average Bonchev–Trinajstić information content (AvgIpc) is 2.92. The molecule has 0 aliphatic rings. The van der Waals surface area contributed by atoms with Gasteiger partial charge in [0, 0.05) is 5.56 Å². The fourth-order valence-electron chi connectivity index (χ4n) is 2.33. The SMILES string of the molecule is O=c1[nH]c2c(C(F)(F)F)ccc(-c3cnc(OC(F)F)c(C(F)(F)F)n3)c2o1. The minimum atomic E-state index is -5.27. The highest BCUT2D eigenvalue weighted by Gasteiger charge is 2.39. The van der Waals surface area contributed by atoms with Crippen LogP contribution in [0.25, 0.3) is 22.4 Å². The number of oxazole rings is 1. The van der Waals surface area contributed by atoms with Crippen LogP contribution in [-0.2, 0) is 12.4 Å². The Labute approximate surface area is 147 Å². The van der Waals surface area contributed by atoms with E-state index >= 15 is 0 Å². The molecule has 28 heavy (non-hydrogen) atoms. The highest BCUT2D eigenvalue weighted by Crippen LogP contribution is 2.39. The van der Waals surface area contributed by atoms with Gasteiger partial charge in [0.2, 0.25) is 11.6 Å². The van der Waals surface area contributed by atoms with Crippen LogP contribution >= 0.6 is 0 Å². The van der Waals surface area contributed by atoms with Gasteiger partial charge in [-0.25, -0.2) is 14.8 Å². The second kappa shape index (κ2) is 6.45. The standard InChI is InChI=1S/C14H5F8N3O3/c15-11(16)28-10-9(14(20,21)22)24-6(3-23-10)4-1-2-5(13(17,18)19)7-8(4)27-12(26)25-7/h1-3,11H,(H,25,26). The lowest BCUT2D eigenvalue weighted by atomic mass is 10.1. The molecule has 0 radical (unpaired) electrons. The van der Waals surface area contributed by atoms with Crippen molar-refractivity contribution in [2.75, 3.05) is 0 Å². The van der Waals surface area contributed by atoms with E-state index < -0.39 is 64.2 Å². The van der Waals surface area contributed by atoms with Gasteiger partial charge in [0.1, 0.15) is 5.52 Å². The molecule has 14 heteroatoms. The summed E-state index contributed by atoms with van der Waals surface area (Å²) >= 11 is 0. The molecule has 6 nitrogen and oxygen atoms in total. The molecule has 0 unspecified atom stereocenters. The van der Waals surface area contributed by atoms with E-state index in [0.717, 1.165) is 0 Å². The highest BCUT2D eigenvalue weighted by molar-refractivity contribution is 5.91. The first-order valence-corrected chi connectivity index (χ1v) is 7.00. The zero-order valence-electron chi connectivity index (χ0n) is 13.0. The Bertz CT molecular complexity index is 1080. The van der Waals surface area contributed by atoms with Gasteiger partial charge in [-0.2, -0.15) is 35.1 Å². The Kier molecular flexibility index (Phi) is 4.51. The van der Waals surface area contributed by atoms with Gasteiger partial charge in [0.15, 0.2) is 5.58 Å². The molecule has 0 saturated heterocycles. The van der Waals surface area contributed by atoms with Crippen LogP contribution in [0.4, 0.5) is 35.1 Å². The van der Waals surface area contributed by atoms with E-state index in [1.165, 1.54) is 0 Å². The van der Waals surface area contributed by atoms with Crippen LogP contribution in [0, 0.1) is 0 Å². The monoisotopic (exact) mass is 415 g/mol. The Morgan fingerprint density at radius 2 is 1.75 bits per heavy atom. The number of nitrogens with one attached hydrogen (secondary N) is 1. The number of alkyl halides is 8. The van der Waals surface area contributed by atoms with Gasteiger partial charge in [0.05, 0.1) is 17.5 Å². The third-order valence-corrected chi connectivity index (χ3v) is 3.37. The number of rotatable bonds is 3. The molecule has 0 fully saturated rings. The Balaban J connectivity index is 2.25. The van der Waals surface area contributed by atoms with Crippen LogP contribution in [0.2, 0.25) is 0 Å². The van der Waals surface area contributed by atoms with Crippen LogP contribution in [0.3, 0.4) is 0 Å². The van der Waals surface area contributed by atoms with Crippen LogP contribution in [0.5, 0.6) is 5.88 Å². The van der Waals surface area contributed by atoms with Gasteiger partial charge < -0.3 is 9.15 Å². The summed E-state index contributed by atoms with van der Waals surface area (Å²) in [5, 5.41) is 0. The van der Waals surface area contributed by atoms with Gasteiger partial charge in [-0.3, -0.25) is 4.98 Å². The van der Waals surface area contributed by atoms with Crippen molar-refractivity contribution in [1.82, 2.24) is 15.0 Å². The number of hydrogen-bond donors (Lipinski definition) is 1. The summed E-state index contributed by atoms with van der Waals surface area (Å²) in [6, 6.07) is 1.20. The van der Waals surface area contributed by atoms with Gasteiger partial charge >= 0.3 is 24.7 Å². The second-order valence-electron chi connectivity index (χ2n) is 5.16. The topological polar surface area (TPSA) is 81.0 Å². The predicted octanol–water partition coefficient (Wildman–Crippen LogP) is 4.22. The number of H-pyrrole nitrogens is 1. The number of nitrogens with zero attached hydrogens (tertiary/aromatic N) is 2. The van der Waals surface area contributed by atoms with Crippen LogP contribution < -0.4 is 10.5 Å². The molecule has 0 amide bonds. The number of halogens is 8. The minimum Gasteiger partial charge on any atom is -0.415 e. The second-order valence-corrected chi connectivity index (χ2v) is 5.16. The van der Waals surface area contributed by atoms with Crippen molar-refractivity contribution in [1.29, 1.82) is 0 Å². The molecule has 0 atom stereocenters. The highest BCUT2D eigenvalue weighted by atomic mass is 19.4. The Morgan fingerprint density at radius 1 is 1.07 bits per heavy atom. The molecule has 0 saturated carbocycles. The maximum Gasteiger partial charge on any atom is 0.438 e. The van der Waals surface area contributed by atoms with Gasteiger partial charge in [-0.05, 0) is 12.1 Å². The normalized spacial score (nSPS) is 12.8. The molecule has 150 valence electrons. The lowest BCUT2D eigenvalue weighted by Gasteiger charge is -2.13. The molecule has 2 heterocycles. The number of fused-ring (bicyclic) bond motifs is 1. The smallest absolute Gasteiger partial charge is 0.415 e. The number of aromatic amines is 1. The van der Waals surface area contributed by atoms with Crippen molar-refractivity contribution >= 4 is 11.1 Å². The fraction of sp³-hybridized carbons (Fsp3) is 0.214. The van der Waals surface area contributed by atoms with Crippen LogP contribution in [0.15, 0.2) is 27.5 Å². The van der Waals surface area contributed by atoms with E-state index in [0.29, 0.717) is 18.3 Å². The zero-order chi connectivity index (χ0) is 20.9. The van der Waals surface area contributed by atoms with E-state index in [1.54, 1.807) is 4.98 Å². The summed E-state index contributed by atoms with van der Waals surface area (Å²) in [4.78, 5) is 19.4. The summed E-state index contributed by atoms with van der Waals surface area (Å²) in [5.74, 6) is -2.82. The lowest BCUT2D eigenvalue weighted by molar-refractivity contribution is -0.146. The Morgan fingerprint density at radius 3 is 2.32 bits per heavy atom.